The average Bonchev–Trinajstić information content (AvgIpc) is 2.11. The molecular formula is C10H17NOS. The number of carbonyl (C=O) groups excluding carboxylic acids is 1. The van der Waals surface area contributed by atoms with Crippen molar-refractivity contribution < 1.29 is 4.79 Å². The molecule has 0 bridgehead atoms. The number of carbonyl (C=O) groups is 1. The maximum absolute atomic E-state index is 10.8. The Balaban J connectivity index is 3.16. The zero-order valence-corrected chi connectivity index (χ0v) is 9.03. The van der Waals surface area contributed by atoms with E-state index in [-0.39, 0.29) is 5.91 Å². The molecule has 74 valence electrons. The predicted molar refractivity (Wildman–Crippen MR) is 58.0 cm³/mol. The smallest absolute Gasteiger partial charge is 0.254 e. The summed E-state index contributed by atoms with van der Waals surface area (Å²) in [6.45, 7) is 2.19. The Morgan fingerprint density at radius 2 is 1.85 bits per heavy atom. The molecule has 0 rings (SSSR count). The van der Waals surface area contributed by atoms with Crippen LogP contribution in [0.4, 0.5) is 0 Å². The number of aliphatic imine (C=N–C) groups is 1. The molecule has 0 radical (unpaired) electrons. The Morgan fingerprint density at radius 1 is 1.23 bits per heavy atom. The highest BCUT2D eigenvalue weighted by Crippen LogP contribution is 2.06. The van der Waals surface area contributed by atoms with Gasteiger partial charge in [0.1, 0.15) is 0 Å². The van der Waals surface area contributed by atoms with Crippen molar-refractivity contribution in [3.05, 3.63) is 0 Å². The lowest BCUT2D eigenvalue weighted by atomic mass is 10.1. The van der Waals surface area contributed by atoms with Crippen molar-refractivity contribution in [2.75, 3.05) is 0 Å². The molecule has 0 atom stereocenters. The molecule has 0 fully saturated rings. The summed E-state index contributed by atoms with van der Waals surface area (Å²) in [5.74, 6) is -0.134. The minimum Gasteiger partial charge on any atom is -0.272 e. The van der Waals surface area contributed by atoms with E-state index in [2.05, 4.69) is 29.3 Å². The third kappa shape index (κ3) is 9.38. The van der Waals surface area contributed by atoms with E-state index < -0.39 is 0 Å². The highest BCUT2D eigenvalue weighted by molar-refractivity contribution is 7.78. The van der Waals surface area contributed by atoms with Gasteiger partial charge in [0.15, 0.2) is 0 Å². The molecule has 0 saturated carbocycles. The van der Waals surface area contributed by atoms with Gasteiger partial charge < -0.3 is 0 Å². The van der Waals surface area contributed by atoms with Crippen molar-refractivity contribution >= 4 is 23.3 Å². The van der Waals surface area contributed by atoms with Crippen LogP contribution >= 0.6 is 12.2 Å². The van der Waals surface area contributed by atoms with E-state index in [1.54, 1.807) is 0 Å². The summed E-state index contributed by atoms with van der Waals surface area (Å²) >= 11 is 4.33. The first-order chi connectivity index (χ1) is 6.31. The number of thiocarbonyl (C=S) groups is 1. The van der Waals surface area contributed by atoms with Crippen molar-refractivity contribution in [1.82, 2.24) is 0 Å². The number of hydrogen-bond donors (Lipinski definition) is 0. The molecule has 2 nitrogen and oxygen atoms in total. The summed E-state index contributed by atoms with van der Waals surface area (Å²) in [6.07, 6.45) is 7.64. The topological polar surface area (TPSA) is 29.4 Å². The van der Waals surface area contributed by atoms with Gasteiger partial charge in [-0.15, -0.1) is 0 Å². The fourth-order valence-corrected chi connectivity index (χ4v) is 1.27. The van der Waals surface area contributed by atoms with Gasteiger partial charge in [-0.3, -0.25) is 4.79 Å². The first-order valence-electron chi connectivity index (χ1n) is 4.92. The van der Waals surface area contributed by atoms with Crippen molar-refractivity contribution in [1.29, 1.82) is 0 Å². The first kappa shape index (κ1) is 12.5. The lowest BCUT2D eigenvalue weighted by Gasteiger charge is -1.97. The van der Waals surface area contributed by atoms with Crippen molar-refractivity contribution in [3.63, 3.8) is 0 Å². The van der Waals surface area contributed by atoms with E-state index in [1.807, 2.05) is 0 Å². The zero-order valence-electron chi connectivity index (χ0n) is 8.21. The van der Waals surface area contributed by atoms with Crippen LogP contribution in [0.3, 0.4) is 0 Å². The van der Waals surface area contributed by atoms with E-state index >= 15 is 0 Å². The second-order valence-electron chi connectivity index (χ2n) is 3.11. The molecule has 13 heavy (non-hydrogen) atoms. The Morgan fingerprint density at radius 3 is 2.46 bits per heavy atom. The van der Waals surface area contributed by atoms with Gasteiger partial charge in [-0.05, 0) is 18.6 Å². The third-order valence-corrected chi connectivity index (χ3v) is 2.01. The first-order valence-corrected chi connectivity index (χ1v) is 5.32. The number of nitrogens with zero attached hydrogens (tertiary/aromatic N) is 1. The average molecular weight is 199 g/mol. The highest BCUT2D eigenvalue weighted by atomic mass is 32.1. The molecule has 0 N–H and O–H groups in total. The number of amides is 1. The van der Waals surface area contributed by atoms with Crippen LogP contribution in [0.2, 0.25) is 0 Å². The SMILES string of the molecule is CCCCCCCCC(=O)N=C=S. The summed E-state index contributed by atoms with van der Waals surface area (Å²) in [7, 11) is 0. The minimum atomic E-state index is -0.134. The molecule has 3 heteroatoms. The van der Waals surface area contributed by atoms with Crippen molar-refractivity contribution in [2.45, 2.75) is 51.9 Å². The molecular weight excluding hydrogens is 182 g/mol. The van der Waals surface area contributed by atoms with Crippen LogP contribution in [0.25, 0.3) is 0 Å². The number of isothiocyanates is 1. The zero-order chi connectivity index (χ0) is 9.94. The van der Waals surface area contributed by atoms with Crippen LogP contribution in [0.1, 0.15) is 51.9 Å². The predicted octanol–water partition coefficient (Wildman–Crippen LogP) is 3.37. The summed E-state index contributed by atoms with van der Waals surface area (Å²) in [5, 5.41) is 2.09. The maximum atomic E-state index is 10.8. The molecule has 0 aromatic carbocycles. The molecule has 0 aromatic rings. The molecule has 0 aliphatic carbocycles. The highest BCUT2D eigenvalue weighted by Gasteiger charge is 1.97. The fourth-order valence-electron chi connectivity index (χ4n) is 1.16. The van der Waals surface area contributed by atoms with Gasteiger partial charge in [-0.25, -0.2) is 0 Å². The van der Waals surface area contributed by atoms with Gasteiger partial charge in [0.25, 0.3) is 5.91 Å². The molecule has 0 spiro atoms. The van der Waals surface area contributed by atoms with Gasteiger partial charge in [0.05, 0.1) is 5.16 Å². The standard InChI is InChI=1S/C10H17NOS/c1-2-3-4-5-6-7-8-10(12)11-9-13/h2-8H2,1H3. The molecule has 0 heterocycles. The van der Waals surface area contributed by atoms with Gasteiger partial charge in [-0.2, -0.15) is 4.99 Å². The lowest BCUT2D eigenvalue weighted by Crippen LogP contribution is -1.91. The third-order valence-electron chi connectivity index (χ3n) is 1.91. The van der Waals surface area contributed by atoms with E-state index in [1.165, 1.54) is 25.7 Å². The Kier molecular flexibility index (Phi) is 9.17. The molecule has 0 saturated heterocycles. The van der Waals surface area contributed by atoms with Crippen LogP contribution in [0.5, 0.6) is 0 Å². The second-order valence-corrected chi connectivity index (χ2v) is 3.30. The molecule has 0 aliphatic heterocycles. The van der Waals surface area contributed by atoms with Crippen LogP contribution < -0.4 is 0 Å². The molecule has 0 aromatic heterocycles. The Labute approximate surface area is 85.4 Å². The van der Waals surface area contributed by atoms with E-state index in [0.717, 1.165) is 12.8 Å². The summed E-state index contributed by atoms with van der Waals surface area (Å²) in [5.41, 5.74) is 0. The monoisotopic (exact) mass is 199 g/mol. The van der Waals surface area contributed by atoms with Crippen LogP contribution in [-0.4, -0.2) is 11.1 Å². The van der Waals surface area contributed by atoms with E-state index in [0.29, 0.717) is 6.42 Å². The molecule has 0 unspecified atom stereocenters. The number of unbranched alkanes of at least 4 members (excludes halogenated alkanes) is 5. The Bertz CT molecular complexity index is 185. The summed E-state index contributed by atoms with van der Waals surface area (Å²) in [6, 6.07) is 0. The van der Waals surface area contributed by atoms with Crippen LogP contribution in [0, 0.1) is 0 Å². The van der Waals surface area contributed by atoms with Crippen LogP contribution in [-0.2, 0) is 4.79 Å². The second kappa shape index (κ2) is 9.56. The Hall–Kier alpha value is -0.530. The minimum absolute atomic E-state index is 0.134. The fraction of sp³-hybridized carbons (Fsp3) is 0.800. The summed E-state index contributed by atoms with van der Waals surface area (Å²) in [4.78, 5) is 14.2. The molecule has 0 aliphatic rings. The van der Waals surface area contributed by atoms with Gasteiger partial charge in [-0.1, -0.05) is 39.0 Å². The maximum Gasteiger partial charge on any atom is 0.254 e. The lowest BCUT2D eigenvalue weighted by molar-refractivity contribution is -0.117. The number of rotatable bonds is 7. The van der Waals surface area contributed by atoms with Gasteiger partial charge in [0, 0.05) is 6.42 Å². The largest absolute Gasteiger partial charge is 0.272 e. The summed E-state index contributed by atoms with van der Waals surface area (Å²) < 4.78 is 0. The van der Waals surface area contributed by atoms with Gasteiger partial charge in [0.2, 0.25) is 0 Å². The van der Waals surface area contributed by atoms with E-state index in [9.17, 15) is 4.79 Å². The normalized spacial score (nSPS) is 9.31. The molecule has 1 amide bonds. The van der Waals surface area contributed by atoms with Gasteiger partial charge >= 0.3 is 0 Å². The van der Waals surface area contributed by atoms with Crippen LogP contribution in [0.15, 0.2) is 4.99 Å². The number of hydrogen-bond acceptors (Lipinski definition) is 2. The van der Waals surface area contributed by atoms with E-state index in [4.69, 9.17) is 0 Å². The quantitative estimate of drug-likeness (QED) is 0.357. The van der Waals surface area contributed by atoms with Crippen molar-refractivity contribution in [3.8, 4) is 0 Å². The van der Waals surface area contributed by atoms with Crippen molar-refractivity contribution in [2.24, 2.45) is 4.99 Å².